The Hall–Kier alpha value is -14.0. The van der Waals surface area contributed by atoms with Crippen molar-refractivity contribution in [2.45, 2.75) is 208 Å². The number of para-hydroxylation sites is 1. The third-order valence-corrected chi connectivity index (χ3v) is 24.7. The van der Waals surface area contributed by atoms with Gasteiger partial charge in [0.1, 0.15) is 84.3 Å². The van der Waals surface area contributed by atoms with Crippen LogP contribution in [0.2, 0.25) is 0 Å². The number of halogens is 3. The number of H-pyrrole nitrogens is 1. The lowest BCUT2D eigenvalue weighted by Gasteiger charge is -2.38. The Morgan fingerprint density at radius 2 is 0.993 bits per heavy atom. The summed E-state index contributed by atoms with van der Waals surface area (Å²) in [4.78, 5) is 270. The predicted molar refractivity (Wildman–Crippen MR) is 483 cm³/mol. The van der Waals surface area contributed by atoms with Gasteiger partial charge in [-0.2, -0.15) is 0 Å². The van der Waals surface area contributed by atoms with Gasteiger partial charge in [-0.25, -0.2) is 13.2 Å². The summed E-state index contributed by atoms with van der Waals surface area (Å²) in [5.41, 5.74) is 12.5. The number of amides is 16. The minimum atomic E-state index is -2.09. The van der Waals surface area contributed by atoms with Crippen LogP contribution in [0.15, 0.2) is 128 Å². The Labute approximate surface area is 783 Å². The van der Waals surface area contributed by atoms with E-state index in [1.54, 1.807) is 91.9 Å². The molecular weight excluding hydrogens is 1800 g/mol. The van der Waals surface area contributed by atoms with Gasteiger partial charge in [-0.15, -0.1) is 11.8 Å². The molecule has 3 aliphatic heterocycles. The molecule has 15 atom stereocenters. The SMILES string of the molecule is CCCC[C@H]1C(=O)N2C[C@H](O)C[C@@H]2C(=O)N[C@@H](CC(=O)O)C(=O)N[C@@H](C(C)C)C(=O)N(C)[C@H](Cc2ccccc2)C(=O)N[C@@H](CCC(=O)O)C(=O)N2C[C@H](O)C[C@@H]2C(=O)N[C@@H](Cc2c[nH]c3ccccc23)C(=O)N[C@@H](Cc2ccc(O)cc2)C(=O)N[C@H](CCC(N)=O)C(=O)N[C@H](C(=O)NCC(N)=O)CSCC(=O)N[C@H](Cc2cc(F)c(F)c(F)c2)C(=O)N(C)[C@@H](Cc2ccccc2)C(=O)N1C. The van der Waals surface area contributed by atoms with Crippen LogP contribution in [0.5, 0.6) is 5.75 Å². The van der Waals surface area contributed by atoms with Gasteiger partial charge in [-0.3, -0.25) is 86.3 Å². The standard InChI is InChI=1S/C92H114F3N17O23S/c1-7-8-23-68-91(134)112-45-56(115)40-71(112)87(130)105-65(41-77(121)122)84(127)107-79(48(2)3)92(135)109(5)69(36-49-17-11-9-12-18-49)85(128)102-62(29-31-76(119)120)89(132)111-44-55(114)39-70(111)86(129)104-64(38-53-42-98-60-22-16-15-21-57(53)60)83(126)103-63(34-51-24-26-54(113)27-25-51)82(125)101-61(28-30-73(96)116)81(124)106-67(80(123)99-43-74(97)117)46-136-47-75(118)100-66(35-52-32-58(93)78(95)59(94)33-52)88(131)110(6)72(90(133)108(68)4)37-50-19-13-10-14-20-50/h9-22,24-27,32-33,42,48,55-56,61-72,79,98,113-115H,7-8,23,28-31,34-41,43-47H2,1-6H3,(H2,96,116)(H2,97,117)(H,99,123)(H,100,118)(H,101,125)(H,102,128)(H,103,126)(H,104,129)(H,105,130)(H,106,124)(H,107,127)(H,119,120)(H,121,122)/t55-,56-,61-,62+,63+,64+,65+,66-,67+,68+,69-,70-,71-,72+,79+/m1/s1. The molecule has 136 heavy (non-hydrogen) atoms. The molecule has 4 heterocycles. The Morgan fingerprint density at radius 1 is 0.493 bits per heavy atom. The lowest BCUT2D eigenvalue weighted by molar-refractivity contribution is -0.152. The summed E-state index contributed by atoms with van der Waals surface area (Å²) in [5.74, 6) is -29.1. The van der Waals surface area contributed by atoms with Gasteiger partial charge in [-0.1, -0.05) is 125 Å². The molecule has 5 aromatic carbocycles. The molecule has 1 aromatic heterocycles. The minimum absolute atomic E-state index is 0.167. The van der Waals surface area contributed by atoms with E-state index in [0.717, 1.165) is 38.6 Å². The van der Waals surface area contributed by atoms with E-state index in [-0.39, 0.29) is 37.0 Å². The number of phenolic OH excluding ortho intramolecular Hbond substituents is 1. The summed E-state index contributed by atoms with van der Waals surface area (Å²) in [6.07, 6.45) is -8.69. The second-order valence-electron chi connectivity index (χ2n) is 34.2. The van der Waals surface area contributed by atoms with Gasteiger partial charge in [0, 0.05) is 115 Å². The molecule has 0 aliphatic carbocycles. The van der Waals surface area contributed by atoms with E-state index in [4.69, 9.17) is 11.5 Å². The van der Waals surface area contributed by atoms with Crippen LogP contribution >= 0.6 is 11.8 Å². The lowest BCUT2D eigenvalue weighted by atomic mass is 9.98. The topological polar surface area (TPSA) is 601 Å². The van der Waals surface area contributed by atoms with Crippen molar-refractivity contribution in [2.24, 2.45) is 17.4 Å². The molecule has 44 heteroatoms. The first kappa shape index (κ1) is 106. The van der Waals surface area contributed by atoms with Crippen molar-refractivity contribution in [3.63, 3.8) is 0 Å². The average molecular weight is 1920 g/mol. The third kappa shape index (κ3) is 29.2. The van der Waals surface area contributed by atoms with Crippen LogP contribution in [-0.4, -0.2) is 305 Å². The first-order chi connectivity index (χ1) is 64.5. The van der Waals surface area contributed by atoms with Crippen molar-refractivity contribution in [1.29, 1.82) is 0 Å². The van der Waals surface area contributed by atoms with Crippen LogP contribution in [0.25, 0.3) is 10.9 Å². The number of likely N-dealkylation sites (N-methyl/N-ethyl adjacent to an activating group) is 3. The molecule has 0 spiro atoms. The van der Waals surface area contributed by atoms with E-state index < -0.39 is 321 Å². The molecule has 9 rings (SSSR count). The van der Waals surface area contributed by atoms with Gasteiger partial charge in [0.15, 0.2) is 17.5 Å². The molecule has 0 unspecified atom stereocenters. The fraction of sp³-hybridized carbons (Fsp3) is 0.457. The average Bonchev–Trinajstić information content (AvgIpc) is 1.78. The summed E-state index contributed by atoms with van der Waals surface area (Å²) in [5, 5.41) is 76.6. The van der Waals surface area contributed by atoms with Crippen LogP contribution < -0.4 is 59.3 Å². The van der Waals surface area contributed by atoms with Crippen molar-refractivity contribution in [3.8, 4) is 5.75 Å². The van der Waals surface area contributed by atoms with Crippen LogP contribution in [0.4, 0.5) is 13.2 Å². The number of thioether (sulfide) groups is 1. The third-order valence-electron chi connectivity index (χ3n) is 23.7. The number of nitrogens with one attached hydrogen (secondary N) is 10. The number of benzene rings is 5. The number of phenols is 1. The first-order valence-corrected chi connectivity index (χ1v) is 45.3. The molecule has 3 aliphatic rings. The number of rotatable bonds is 25. The molecule has 3 saturated heterocycles. The second kappa shape index (κ2) is 49.3. The van der Waals surface area contributed by atoms with Crippen molar-refractivity contribution in [3.05, 3.63) is 173 Å². The highest BCUT2D eigenvalue weighted by Gasteiger charge is 2.48. The Kier molecular flexibility index (Phi) is 38.3. The van der Waals surface area contributed by atoms with Gasteiger partial charge in [-0.05, 0) is 83.3 Å². The predicted octanol–water partition coefficient (Wildman–Crippen LogP) is -1.11. The molecule has 40 nitrogen and oxygen atoms in total. The second-order valence-corrected chi connectivity index (χ2v) is 35.2. The minimum Gasteiger partial charge on any atom is -0.508 e. The maximum Gasteiger partial charge on any atom is 0.305 e. The Balaban J connectivity index is 1.15. The largest absolute Gasteiger partial charge is 0.508 e. The number of hydrogen-bond donors (Lipinski definition) is 17. The van der Waals surface area contributed by atoms with Crippen LogP contribution in [0, 0.1) is 23.4 Å². The number of carbonyl (C=O) groups excluding carboxylic acids is 16. The van der Waals surface area contributed by atoms with Gasteiger partial charge >= 0.3 is 11.9 Å². The van der Waals surface area contributed by atoms with E-state index in [2.05, 4.69) is 52.8 Å². The summed E-state index contributed by atoms with van der Waals surface area (Å²) in [6.45, 7) is 2.58. The zero-order valence-electron chi connectivity index (χ0n) is 75.5. The normalized spacial score (nSPS) is 24.3. The summed E-state index contributed by atoms with van der Waals surface area (Å²) in [6, 6.07) is 5.48. The molecule has 0 radical (unpaired) electrons. The van der Waals surface area contributed by atoms with Crippen LogP contribution in [0.3, 0.4) is 0 Å². The number of carbonyl (C=O) groups is 18. The number of aliphatic hydroxyl groups is 2. The molecule has 3 fully saturated rings. The van der Waals surface area contributed by atoms with Gasteiger partial charge in [0.05, 0.1) is 30.9 Å². The number of nitrogens with two attached hydrogens (primary N) is 2. The number of carboxylic acid groups (broad SMARTS) is 2. The van der Waals surface area contributed by atoms with E-state index in [1.807, 2.05) is 0 Å². The number of primary amides is 2. The number of carboxylic acids is 2. The van der Waals surface area contributed by atoms with Gasteiger partial charge in [0.2, 0.25) is 94.5 Å². The highest BCUT2D eigenvalue weighted by molar-refractivity contribution is 8.00. The van der Waals surface area contributed by atoms with Crippen molar-refractivity contribution in [2.75, 3.05) is 52.3 Å². The van der Waals surface area contributed by atoms with Gasteiger partial charge < -0.3 is 114 Å². The number of unbranched alkanes of at least 4 members (excludes halogenated alkanes) is 1. The monoisotopic (exact) mass is 1910 g/mol. The number of fused-ring (bicyclic) bond motifs is 3. The Bertz CT molecular complexity index is 5350. The van der Waals surface area contributed by atoms with Crippen molar-refractivity contribution >= 4 is 129 Å². The van der Waals surface area contributed by atoms with E-state index in [1.165, 1.54) is 51.4 Å². The maximum atomic E-state index is 15.7. The number of aliphatic hydroxyl groups excluding tert-OH is 2. The smallest absolute Gasteiger partial charge is 0.305 e. The molecule has 16 amide bonds. The fourth-order valence-corrected chi connectivity index (χ4v) is 17.2. The zero-order valence-corrected chi connectivity index (χ0v) is 76.3. The molecule has 6 aromatic rings. The quantitative estimate of drug-likeness (QED) is 0.0302. The van der Waals surface area contributed by atoms with Crippen LogP contribution in [-0.2, 0) is 118 Å². The number of hydrogen-bond acceptors (Lipinski definition) is 22. The van der Waals surface area contributed by atoms with E-state index in [9.17, 15) is 73.1 Å². The molecule has 0 bridgehead atoms. The zero-order chi connectivity index (χ0) is 99.6. The lowest BCUT2D eigenvalue weighted by Crippen LogP contribution is -2.62. The summed E-state index contributed by atoms with van der Waals surface area (Å²) < 4.78 is 45.1. The first-order valence-electron chi connectivity index (χ1n) is 44.1. The molecule has 0 saturated carbocycles. The number of nitrogens with zero attached hydrogens (tertiary/aromatic N) is 5. The number of aromatic amines is 1. The number of aliphatic carboxylic acids is 2. The highest BCUT2D eigenvalue weighted by Crippen LogP contribution is 2.29. The van der Waals surface area contributed by atoms with Crippen molar-refractivity contribution in [1.82, 2.24) is 77.3 Å². The van der Waals surface area contributed by atoms with E-state index >= 15 is 51.9 Å². The number of aromatic hydroxyl groups is 1. The van der Waals surface area contributed by atoms with Crippen molar-refractivity contribution < 1.29 is 125 Å². The van der Waals surface area contributed by atoms with Crippen LogP contribution in [0.1, 0.15) is 113 Å². The molecular formula is C92H114F3N17O23S. The van der Waals surface area contributed by atoms with Gasteiger partial charge in [0.25, 0.3) is 0 Å². The maximum absolute atomic E-state index is 15.7. The Morgan fingerprint density at radius 3 is 1.57 bits per heavy atom. The molecule has 732 valence electrons. The van der Waals surface area contributed by atoms with E-state index in [0.29, 0.717) is 57.9 Å². The fourth-order valence-electron chi connectivity index (χ4n) is 16.3. The summed E-state index contributed by atoms with van der Waals surface area (Å²) in [7, 11) is 3.49. The summed E-state index contributed by atoms with van der Waals surface area (Å²) >= 11 is 0.570. The number of aromatic nitrogens is 1. The molecule has 19 N–H and O–H groups in total. The highest BCUT2D eigenvalue weighted by atomic mass is 32.2.